The van der Waals surface area contributed by atoms with Gasteiger partial charge in [-0.15, -0.1) is 5.10 Å². The first-order chi connectivity index (χ1) is 11.1. The largest absolute Gasteiger partial charge is 0.339 e. The molecule has 0 fully saturated rings. The first kappa shape index (κ1) is 14.9. The summed E-state index contributed by atoms with van der Waals surface area (Å²) < 4.78 is 0. The van der Waals surface area contributed by atoms with Crippen LogP contribution in [0.2, 0.25) is 0 Å². The van der Waals surface area contributed by atoms with Crippen LogP contribution in [0.15, 0.2) is 42.5 Å². The molecule has 0 bridgehead atoms. The summed E-state index contributed by atoms with van der Waals surface area (Å²) >= 11 is 0. The lowest BCUT2D eigenvalue weighted by molar-refractivity contribution is 0.986. The highest BCUT2D eigenvalue weighted by Crippen LogP contribution is 2.19. The molecule has 2 heterocycles. The van der Waals surface area contributed by atoms with Gasteiger partial charge in [-0.05, 0) is 63.2 Å². The molecule has 3 aromatic rings. The second kappa shape index (κ2) is 6.39. The molecule has 0 aliphatic heterocycles. The number of hydrogen-bond donors (Lipinski definition) is 2. The molecule has 0 unspecified atom stereocenters. The van der Waals surface area contributed by atoms with E-state index in [0.29, 0.717) is 11.8 Å². The van der Waals surface area contributed by atoms with Gasteiger partial charge in [-0.1, -0.05) is 0 Å². The minimum atomic E-state index is 0.604. The summed E-state index contributed by atoms with van der Waals surface area (Å²) in [6.45, 7) is 5.82. The zero-order valence-corrected chi connectivity index (χ0v) is 13.3. The number of nitrogens with zero attached hydrogens (tertiary/aromatic N) is 4. The minimum Gasteiger partial charge on any atom is -0.339 e. The highest BCUT2D eigenvalue weighted by atomic mass is 15.2. The highest BCUT2D eigenvalue weighted by molar-refractivity contribution is 5.62. The van der Waals surface area contributed by atoms with E-state index in [9.17, 15) is 0 Å². The Morgan fingerprint density at radius 1 is 0.652 bits per heavy atom. The molecule has 2 aromatic heterocycles. The lowest BCUT2D eigenvalue weighted by atomic mass is 10.2. The maximum atomic E-state index is 4.37. The minimum absolute atomic E-state index is 0.604. The van der Waals surface area contributed by atoms with Gasteiger partial charge in [0.1, 0.15) is 0 Å². The first-order valence-corrected chi connectivity index (χ1v) is 7.35. The number of nitrogens with one attached hydrogen (secondary N) is 2. The molecule has 2 N–H and O–H groups in total. The molecule has 0 atom stereocenters. The van der Waals surface area contributed by atoms with Gasteiger partial charge in [-0.25, -0.2) is 9.97 Å². The standard InChI is InChI=1S/C17H18N6/c1-11-4-9-16(23-22-11)20-14-5-7-15(8-6-14)21-17-18-12(2)10-13(3)19-17/h4-10H,1-3H3,(H,20,23)(H,18,19,21). The van der Waals surface area contributed by atoms with Gasteiger partial charge in [0, 0.05) is 22.8 Å². The van der Waals surface area contributed by atoms with Gasteiger partial charge in [-0.2, -0.15) is 5.10 Å². The number of hydrogen-bond acceptors (Lipinski definition) is 6. The summed E-state index contributed by atoms with van der Waals surface area (Å²) in [6, 6.07) is 13.6. The molecular weight excluding hydrogens is 288 g/mol. The van der Waals surface area contributed by atoms with E-state index in [1.54, 1.807) is 0 Å². The van der Waals surface area contributed by atoms with Crippen LogP contribution in [-0.2, 0) is 0 Å². The zero-order chi connectivity index (χ0) is 16.2. The van der Waals surface area contributed by atoms with E-state index in [0.717, 1.165) is 28.5 Å². The van der Waals surface area contributed by atoms with E-state index >= 15 is 0 Å². The normalized spacial score (nSPS) is 10.4. The molecule has 0 saturated carbocycles. The van der Waals surface area contributed by atoms with Crippen LogP contribution in [0.1, 0.15) is 17.1 Å². The Hall–Kier alpha value is -3.02. The highest BCUT2D eigenvalue weighted by Gasteiger charge is 2.01. The van der Waals surface area contributed by atoms with Crippen molar-refractivity contribution in [1.82, 2.24) is 20.2 Å². The summed E-state index contributed by atoms with van der Waals surface area (Å²) in [7, 11) is 0. The lowest BCUT2D eigenvalue weighted by Crippen LogP contribution is -2.00. The molecule has 0 spiro atoms. The summed E-state index contributed by atoms with van der Waals surface area (Å²) in [5.74, 6) is 1.32. The molecule has 6 heteroatoms. The Bertz CT molecular complexity index is 776. The van der Waals surface area contributed by atoms with Crippen LogP contribution in [-0.4, -0.2) is 20.2 Å². The molecule has 3 rings (SSSR count). The third-order valence-electron chi connectivity index (χ3n) is 3.19. The van der Waals surface area contributed by atoms with Crippen LogP contribution in [0.3, 0.4) is 0 Å². The quantitative estimate of drug-likeness (QED) is 0.766. The summed E-state index contributed by atoms with van der Waals surface area (Å²) in [5.41, 5.74) is 4.64. The van der Waals surface area contributed by atoms with Crippen molar-refractivity contribution in [3.05, 3.63) is 59.5 Å². The van der Waals surface area contributed by atoms with Crippen molar-refractivity contribution in [1.29, 1.82) is 0 Å². The van der Waals surface area contributed by atoms with Gasteiger partial charge in [0.25, 0.3) is 0 Å². The predicted molar refractivity (Wildman–Crippen MR) is 91.3 cm³/mol. The summed E-state index contributed by atoms with van der Waals surface area (Å²) in [6.07, 6.45) is 0. The summed E-state index contributed by atoms with van der Waals surface area (Å²) in [4.78, 5) is 8.74. The maximum absolute atomic E-state index is 4.37. The topological polar surface area (TPSA) is 75.6 Å². The Kier molecular flexibility index (Phi) is 4.14. The van der Waals surface area contributed by atoms with Crippen molar-refractivity contribution < 1.29 is 0 Å². The van der Waals surface area contributed by atoms with Crippen LogP contribution in [0.4, 0.5) is 23.1 Å². The van der Waals surface area contributed by atoms with Crippen molar-refractivity contribution in [2.45, 2.75) is 20.8 Å². The molecule has 0 amide bonds. The van der Waals surface area contributed by atoms with Gasteiger partial charge in [0.2, 0.25) is 5.95 Å². The smallest absolute Gasteiger partial charge is 0.227 e. The monoisotopic (exact) mass is 306 g/mol. The fraction of sp³-hybridized carbons (Fsp3) is 0.176. The number of aromatic nitrogens is 4. The molecule has 0 saturated heterocycles. The van der Waals surface area contributed by atoms with E-state index in [1.807, 2.05) is 63.2 Å². The van der Waals surface area contributed by atoms with Crippen molar-refractivity contribution in [3.63, 3.8) is 0 Å². The second-order valence-corrected chi connectivity index (χ2v) is 5.36. The Labute approximate surface area is 135 Å². The number of anilines is 4. The summed E-state index contributed by atoms with van der Waals surface area (Å²) in [5, 5.41) is 14.5. The average molecular weight is 306 g/mol. The van der Waals surface area contributed by atoms with Crippen LogP contribution in [0, 0.1) is 20.8 Å². The van der Waals surface area contributed by atoms with E-state index < -0.39 is 0 Å². The van der Waals surface area contributed by atoms with Crippen LogP contribution in [0.5, 0.6) is 0 Å². The Balaban J connectivity index is 1.70. The fourth-order valence-corrected chi connectivity index (χ4v) is 2.16. The van der Waals surface area contributed by atoms with Gasteiger partial charge < -0.3 is 10.6 Å². The second-order valence-electron chi connectivity index (χ2n) is 5.36. The van der Waals surface area contributed by atoms with Gasteiger partial charge in [0.15, 0.2) is 5.82 Å². The first-order valence-electron chi connectivity index (χ1n) is 7.35. The molecule has 1 aromatic carbocycles. The van der Waals surface area contributed by atoms with E-state index in [-0.39, 0.29) is 0 Å². The van der Waals surface area contributed by atoms with Gasteiger partial charge >= 0.3 is 0 Å². The average Bonchev–Trinajstić information content (AvgIpc) is 2.50. The Morgan fingerprint density at radius 3 is 1.83 bits per heavy atom. The molecule has 6 nitrogen and oxygen atoms in total. The van der Waals surface area contributed by atoms with Crippen molar-refractivity contribution in [3.8, 4) is 0 Å². The van der Waals surface area contributed by atoms with Crippen LogP contribution in [0.25, 0.3) is 0 Å². The number of aryl methyl sites for hydroxylation is 3. The molecule has 116 valence electrons. The van der Waals surface area contributed by atoms with E-state index in [4.69, 9.17) is 0 Å². The van der Waals surface area contributed by atoms with Gasteiger partial charge in [-0.3, -0.25) is 0 Å². The van der Waals surface area contributed by atoms with E-state index in [2.05, 4.69) is 30.8 Å². The third kappa shape index (κ3) is 4.00. The maximum Gasteiger partial charge on any atom is 0.227 e. The van der Waals surface area contributed by atoms with Crippen molar-refractivity contribution in [2.24, 2.45) is 0 Å². The van der Waals surface area contributed by atoms with Crippen LogP contribution < -0.4 is 10.6 Å². The molecule has 23 heavy (non-hydrogen) atoms. The fourth-order valence-electron chi connectivity index (χ4n) is 2.16. The lowest BCUT2D eigenvalue weighted by Gasteiger charge is -2.08. The predicted octanol–water partition coefficient (Wildman–Crippen LogP) is 3.68. The van der Waals surface area contributed by atoms with Crippen molar-refractivity contribution >= 4 is 23.1 Å². The van der Waals surface area contributed by atoms with Gasteiger partial charge in [0.05, 0.1) is 5.69 Å². The molecule has 0 radical (unpaired) electrons. The number of rotatable bonds is 4. The molecular formula is C17H18N6. The zero-order valence-electron chi connectivity index (χ0n) is 13.3. The molecule has 0 aliphatic rings. The number of benzene rings is 1. The van der Waals surface area contributed by atoms with Crippen LogP contribution >= 0.6 is 0 Å². The van der Waals surface area contributed by atoms with Crippen molar-refractivity contribution in [2.75, 3.05) is 10.6 Å². The SMILES string of the molecule is Cc1ccc(Nc2ccc(Nc3nc(C)cc(C)n3)cc2)nn1. The Morgan fingerprint density at radius 2 is 1.26 bits per heavy atom. The third-order valence-corrected chi connectivity index (χ3v) is 3.19. The van der Waals surface area contributed by atoms with E-state index in [1.165, 1.54) is 0 Å². The molecule has 0 aliphatic carbocycles.